The van der Waals surface area contributed by atoms with Gasteiger partial charge in [-0.2, -0.15) is 0 Å². The van der Waals surface area contributed by atoms with E-state index >= 15 is 0 Å². The molecule has 0 aliphatic rings. The molecule has 0 radical (unpaired) electrons. The van der Waals surface area contributed by atoms with Gasteiger partial charge in [0.25, 0.3) is 0 Å². The molecule has 2 aromatic carbocycles. The Hall–Kier alpha value is -1.16. The molecule has 0 fully saturated rings. The molecule has 20 heavy (non-hydrogen) atoms. The van der Waals surface area contributed by atoms with Gasteiger partial charge in [-0.05, 0) is 35.7 Å². The summed E-state index contributed by atoms with van der Waals surface area (Å²) in [6, 6.07) is 17.3. The fourth-order valence-electron chi connectivity index (χ4n) is 2.06. The molecule has 0 heterocycles. The van der Waals surface area contributed by atoms with Crippen molar-refractivity contribution in [2.24, 2.45) is 0 Å². The van der Waals surface area contributed by atoms with Gasteiger partial charge >= 0.3 is 0 Å². The Kier molecular flexibility index (Phi) is 5.77. The second-order valence-electron chi connectivity index (χ2n) is 4.90. The van der Waals surface area contributed by atoms with Gasteiger partial charge < -0.3 is 10.1 Å². The molecule has 2 rings (SSSR count). The normalized spacial score (nSPS) is 12.3. The van der Waals surface area contributed by atoms with Gasteiger partial charge in [-0.15, -0.1) is 0 Å². The maximum atomic E-state index is 5.11. The lowest BCUT2D eigenvalue weighted by Gasteiger charge is -2.14. The second kappa shape index (κ2) is 7.58. The molecular weight excluding hydrogens is 314 g/mol. The fourth-order valence-corrected chi connectivity index (χ4v) is 2.32. The Balaban J connectivity index is 1.89. The summed E-state index contributed by atoms with van der Waals surface area (Å²) in [5.74, 6) is 0. The van der Waals surface area contributed by atoms with Crippen LogP contribution in [0.5, 0.6) is 0 Å². The summed E-state index contributed by atoms with van der Waals surface area (Å²) < 4.78 is 6.23. The van der Waals surface area contributed by atoms with E-state index in [0.717, 1.165) is 11.0 Å². The van der Waals surface area contributed by atoms with E-state index < -0.39 is 0 Å². The van der Waals surface area contributed by atoms with E-state index in [1.807, 2.05) is 0 Å². The topological polar surface area (TPSA) is 21.3 Å². The molecule has 3 heteroatoms. The molecular formula is C17H20BrNO. The molecule has 0 spiro atoms. The minimum atomic E-state index is 0.335. The molecule has 0 saturated carbocycles. The van der Waals surface area contributed by atoms with Crippen LogP contribution in [0.2, 0.25) is 0 Å². The number of methoxy groups -OCH3 is 1. The predicted octanol–water partition coefficient (Wildman–Crippen LogP) is 4.45. The van der Waals surface area contributed by atoms with Gasteiger partial charge in [0.2, 0.25) is 0 Å². The third-order valence-electron chi connectivity index (χ3n) is 3.32. The van der Waals surface area contributed by atoms with Crippen molar-refractivity contribution in [2.75, 3.05) is 7.11 Å². The highest BCUT2D eigenvalue weighted by Crippen LogP contribution is 2.17. The quantitative estimate of drug-likeness (QED) is 0.843. The Bertz CT molecular complexity index is 522. The van der Waals surface area contributed by atoms with E-state index in [9.17, 15) is 0 Å². The highest BCUT2D eigenvalue weighted by Gasteiger charge is 2.04. The van der Waals surface area contributed by atoms with Crippen molar-refractivity contribution in [2.45, 2.75) is 26.1 Å². The van der Waals surface area contributed by atoms with E-state index in [1.165, 1.54) is 16.7 Å². The summed E-state index contributed by atoms with van der Waals surface area (Å²) in [4.78, 5) is 0. The molecule has 1 N–H and O–H groups in total. The van der Waals surface area contributed by atoms with Gasteiger partial charge in [-0.25, -0.2) is 0 Å². The van der Waals surface area contributed by atoms with Crippen LogP contribution < -0.4 is 5.32 Å². The van der Waals surface area contributed by atoms with Crippen LogP contribution in [0.1, 0.15) is 29.7 Å². The number of hydrogen-bond acceptors (Lipinski definition) is 2. The van der Waals surface area contributed by atoms with Crippen molar-refractivity contribution < 1.29 is 4.74 Å². The van der Waals surface area contributed by atoms with E-state index in [1.54, 1.807) is 7.11 Å². The zero-order valence-corrected chi connectivity index (χ0v) is 13.5. The average molecular weight is 334 g/mol. The number of nitrogens with one attached hydrogen (secondary N) is 1. The number of ether oxygens (including phenoxy) is 1. The summed E-state index contributed by atoms with van der Waals surface area (Å²) in [5.41, 5.74) is 3.79. The van der Waals surface area contributed by atoms with Crippen LogP contribution >= 0.6 is 15.9 Å². The molecule has 1 atom stereocenters. The van der Waals surface area contributed by atoms with Crippen LogP contribution in [0.25, 0.3) is 0 Å². The van der Waals surface area contributed by atoms with Crippen molar-refractivity contribution in [3.63, 3.8) is 0 Å². The number of rotatable bonds is 6. The zero-order chi connectivity index (χ0) is 14.4. The maximum absolute atomic E-state index is 5.11. The molecule has 0 aliphatic heterocycles. The van der Waals surface area contributed by atoms with Crippen molar-refractivity contribution in [1.82, 2.24) is 5.32 Å². The average Bonchev–Trinajstić information content (AvgIpc) is 2.47. The largest absolute Gasteiger partial charge is 0.380 e. The minimum absolute atomic E-state index is 0.335. The molecule has 2 aromatic rings. The molecule has 2 nitrogen and oxygen atoms in total. The predicted molar refractivity (Wildman–Crippen MR) is 86.6 cm³/mol. The summed E-state index contributed by atoms with van der Waals surface area (Å²) >= 11 is 3.46. The Morgan fingerprint density at radius 2 is 1.60 bits per heavy atom. The monoisotopic (exact) mass is 333 g/mol. The van der Waals surface area contributed by atoms with E-state index in [4.69, 9.17) is 4.74 Å². The smallest absolute Gasteiger partial charge is 0.0713 e. The Morgan fingerprint density at radius 1 is 1.00 bits per heavy atom. The lowest BCUT2D eigenvalue weighted by atomic mass is 10.1. The molecule has 0 unspecified atom stereocenters. The van der Waals surface area contributed by atoms with E-state index in [2.05, 4.69) is 76.7 Å². The van der Waals surface area contributed by atoms with Gasteiger partial charge in [-0.3, -0.25) is 0 Å². The molecule has 0 aromatic heterocycles. The highest BCUT2D eigenvalue weighted by molar-refractivity contribution is 9.10. The molecule has 0 saturated heterocycles. The summed E-state index contributed by atoms with van der Waals surface area (Å²) in [6.07, 6.45) is 0. The Morgan fingerprint density at radius 3 is 2.20 bits per heavy atom. The maximum Gasteiger partial charge on any atom is 0.0713 e. The number of hydrogen-bond donors (Lipinski definition) is 1. The summed E-state index contributed by atoms with van der Waals surface area (Å²) in [6.45, 7) is 3.72. The van der Waals surface area contributed by atoms with Crippen LogP contribution in [0.3, 0.4) is 0 Å². The van der Waals surface area contributed by atoms with Crippen LogP contribution in [-0.2, 0) is 17.9 Å². The third-order valence-corrected chi connectivity index (χ3v) is 3.85. The van der Waals surface area contributed by atoms with Crippen LogP contribution in [-0.4, -0.2) is 7.11 Å². The van der Waals surface area contributed by atoms with Crippen LogP contribution in [0.4, 0.5) is 0 Å². The van der Waals surface area contributed by atoms with Crippen LogP contribution in [0, 0.1) is 0 Å². The molecule has 0 bridgehead atoms. The summed E-state index contributed by atoms with van der Waals surface area (Å²) in [7, 11) is 1.72. The first-order valence-electron chi connectivity index (χ1n) is 6.74. The van der Waals surface area contributed by atoms with Crippen molar-refractivity contribution in [3.8, 4) is 0 Å². The molecule has 0 aliphatic carbocycles. The van der Waals surface area contributed by atoms with Gasteiger partial charge in [0.15, 0.2) is 0 Å². The summed E-state index contributed by atoms with van der Waals surface area (Å²) in [5, 5.41) is 3.54. The first-order chi connectivity index (χ1) is 9.69. The van der Waals surface area contributed by atoms with Crippen molar-refractivity contribution >= 4 is 15.9 Å². The van der Waals surface area contributed by atoms with Crippen molar-refractivity contribution in [3.05, 3.63) is 69.7 Å². The lowest BCUT2D eigenvalue weighted by molar-refractivity contribution is 0.185. The fraction of sp³-hybridized carbons (Fsp3) is 0.294. The zero-order valence-electron chi connectivity index (χ0n) is 11.9. The van der Waals surface area contributed by atoms with Crippen LogP contribution in [0.15, 0.2) is 53.0 Å². The number of halogens is 1. The third kappa shape index (κ3) is 4.44. The molecule has 106 valence electrons. The number of benzene rings is 2. The lowest BCUT2D eigenvalue weighted by Crippen LogP contribution is -2.17. The SMILES string of the molecule is COCc1ccc(CN[C@H](C)c2ccc(Br)cc2)cc1. The first kappa shape index (κ1) is 15.2. The van der Waals surface area contributed by atoms with Gasteiger partial charge in [0.05, 0.1) is 6.61 Å². The first-order valence-corrected chi connectivity index (χ1v) is 7.54. The van der Waals surface area contributed by atoms with Gasteiger partial charge in [0, 0.05) is 24.2 Å². The standard InChI is InChI=1S/C17H20BrNO/c1-13(16-7-9-17(18)10-8-16)19-11-14-3-5-15(6-4-14)12-20-2/h3-10,13,19H,11-12H2,1-2H3/t13-/m1/s1. The second-order valence-corrected chi connectivity index (χ2v) is 5.82. The molecule has 0 amide bonds. The highest BCUT2D eigenvalue weighted by atomic mass is 79.9. The van der Waals surface area contributed by atoms with E-state index in [-0.39, 0.29) is 0 Å². The Labute approximate surface area is 129 Å². The minimum Gasteiger partial charge on any atom is -0.380 e. The van der Waals surface area contributed by atoms with Gasteiger partial charge in [0.1, 0.15) is 0 Å². The van der Waals surface area contributed by atoms with E-state index in [0.29, 0.717) is 12.6 Å². The van der Waals surface area contributed by atoms with Crippen molar-refractivity contribution in [1.29, 1.82) is 0 Å². The van der Waals surface area contributed by atoms with Gasteiger partial charge in [-0.1, -0.05) is 52.3 Å².